The maximum atomic E-state index is 6.05. The van der Waals surface area contributed by atoms with Gasteiger partial charge in [0.15, 0.2) is 0 Å². The summed E-state index contributed by atoms with van der Waals surface area (Å²) in [5.41, 5.74) is 5.46. The fraction of sp³-hybridized carbons (Fsp3) is 0.231. The Hall–Kier alpha value is -3.28. The number of methoxy groups -OCH3 is 1. The van der Waals surface area contributed by atoms with Crippen molar-refractivity contribution in [1.82, 2.24) is 14.9 Å². The van der Waals surface area contributed by atoms with E-state index in [0.717, 1.165) is 47.7 Å². The topological polar surface area (TPSA) is 47.5 Å². The van der Waals surface area contributed by atoms with Crippen LogP contribution in [0.2, 0.25) is 0 Å². The minimum atomic E-state index is -0.0183. The predicted octanol–water partition coefficient (Wildman–Crippen LogP) is 4.88. The molecule has 0 aliphatic carbocycles. The van der Waals surface area contributed by atoms with E-state index in [9.17, 15) is 0 Å². The molecule has 2 aromatic heterocycles. The highest BCUT2D eigenvalue weighted by molar-refractivity contribution is 5.78. The number of morpholine rings is 1. The molecule has 1 atom stereocenters. The highest BCUT2D eigenvalue weighted by atomic mass is 16.5. The number of ether oxygens (including phenoxy) is 2. The molecule has 0 unspecified atom stereocenters. The van der Waals surface area contributed by atoms with Crippen LogP contribution in [0.1, 0.15) is 17.4 Å². The molecule has 0 saturated carbocycles. The Labute approximate surface area is 182 Å². The van der Waals surface area contributed by atoms with Gasteiger partial charge in [0.2, 0.25) is 0 Å². The van der Waals surface area contributed by atoms with Gasteiger partial charge in [-0.3, -0.25) is 14.9 Å². The summed E-state index contributed by atoms with van der Waals surface area (Å²) in [6.45, 7) is 3.35. The van der Waals surface area contributed by atoms with Gasteiger partial charge in [0.05, 0.1) is 24.9 Å². The standard InChI is InChI=1S/C26H25N3O2/c1-30-23-6-2-4-20(15-23)22-8-10-25(28-16-22)26-18-29(12-13-31-26)17-19-7-9-24-21(14-19)5-3-11-27-24/h2-11,14-16,26H,12-13,17-18H2,1H3/t26-/m1/s1. The molecule has 0 radical (unpaired) electrons. The Kier molecular flexibility index (Phi) is 5.61. The highest BCUT2D eigenvalue weighted by Gasteiger charge is 2.23. The van der Waals surface area contributed by atoms with Gasteiger partial charge in [-0.15, -0.1) is 0 Å². The van der Waals surface area contributed by atoms with Gasteiger partial charge in [-0.2, -0.15) is 0 Å². The van der Waals surface area contributed by atoms with Crippen molar-refractivity contribution in [2.45, 2.75) is 12.6 Å². The number of rotatable bonds is 5. The van der Waals surface area contributed by atoms with Crippen molar-refractivity contribution in [3.63, 3.8) is 0 Å². The third-order valence-electron chi connectivity index (χ3n) is 5.74. The molecule has 4 aromatic rings. The lowest BCUT2D eigenvalue weighted by Gasteiger charge is -2.32. The number of nitrogens with zero attached hydrogens (tertiary/aromatic N) is 3. The summed E-state index contributed by atoms with van der Waals surface area (Å²) in [6.07, 6.45) is 3.74. The molecule has 5 heteroatoms. The van der Waals surface area contributed by atoms with Crippen LogP contribution >= 0.6 is 0 Å². The van der Waals surface area contributed by atoms with E-state index in [2.05, 4.69) is 52.3 Å². The SMILES string of the molecule is COc1cccc(-c2ccc([C@H]3CN(Cc4ccc5ncccc5c4)CCO3)nc2)c1. The molecule has 0 bridgehead atoms. The van der Waals surface area contributed by atoms with Crippen LogP contribution in [-0.4, -0.2) is 41.7 Å². The number of aromatic nitrogens is 2. The smallest absolute Gasteiger partial charge is 0.119 e. The van der Waals surface area contributed by atoms with E-state index in [1.165, 1.54) is 10.9 Å². The zero-order valence-corrected chi connectivity index (χ0v) is 17.6. The number of hydrogen-bond acceptors (Lipinski definition) is 5. The van der Waals surface area contributed by atoms with Crippen LogP contribution in [0, 0.1) is 0 Å². The lowest BCUT2D eigenvalue weighted by molar-refractivity contribution is -0.0349. The normalized spacial score (nSPS) is 17.0. The van der Waals surface area contributed by atoms with Gasteiger partial charge in [0, 0.05) is 43.0 Å². The van der Waals surface area contributed by atoms with Crippen LogP contribution in [0.3, 0.4) is 0 Å². The molecule has 5 rings (SSSR count). The largest absolute Gasteiger partial charge is 0.497 e. The summed E-state index contributed by atoms with van der Waals surface area (Å²) in [7, 11) is 1.68. The van der Waals surface area contributed by atoms with Crippen LogP contribution in [0.25, 0.3) is 22.0 Å². The number of benzene rings is 2. The third-order valence-corrected chi connectivity index (χ3v) is 5.74. The fourth-order valence-electron chi connectivity index (χ4n) is 4.08. The third kappa shape index (κ3) is 4.43. The average Bonchev–Trinajstić information content (AvgIpc) is 2.84. The number of pyridine rings is 2. The summed E-state index contributed by atoms with van der Waals surface area (Å²) >= 11 is 0. The molecule has 3 heterocycles. The molecule has 0 N–H and O–H groups in total. The van der Waals surface area contributed by atoms with Crippen molar-refractivity contribution in [1.29, 1.82) is 0 Å². The van der Waals surface area contributed by atoms with Crippen molar-refractivity contribution >= 4 is 10.9 Å². The molecule has 1 aliphatic rings. The Morgan fingerprint density at radius 2 is 1.97 bits per heavy atom. The summed E-state index contributed by atoms with van der Waals surface area (Å²) in [6, 6.07) is 22.8. The summed E-state index contributed by atoms with van der Waals surface area (Å²) in [5.74, 6) is 0.845. The van der Waals surface area contributed by atoms with Crippen molar-refractivity contribution < 1.29 is 9.47 Å². The molecule has 1 aliphatic heterocycles. The van der Waals surface area contributed by atoms with E-state index in [0.29, 0.717) is 6.61 Å². The van der Waals surface area contributed by atoms with Gasteiger partial charge in [0.1, 0.15) is 11.9 Å². The van der Waals surface area contributed by atoms with Crippen molar-refractivity contribution in [3.05, 3.63) is 90.4 Å². The first-order valence-electron chi connectivity index (χ1n) is 10.6. The number of fused-ring (bicyclic) bond motifs is 1. The highest BCUT2D eigenvalue weighted by Crippen LogP contribution is 2.27. The second-order valence-corrected chi connectivity index (χ2v) is 7.83. The van der Waals surface area contributed by atoms with Gasteiger partial charge in [-0.05, 0) is 47.5 Å². The minimum Gasteiger partial charge on any atom is -0.497 e. The summed E-state index contributed by atoms with van der Waals surface area (Å²) < 4.78 is 11.4. The quantitative estimate of drug-likeness (QED) is 0.468. The Balaban J connectivity index is 1.28. The molecular weight excluding hydrogens is 386 g/mol. The van der Waals surface area contributed by atoms with Crippen LogP contribution in [0.4, 0.5) is 0 Å². The molecular formula is C26H25N3O2. The van der Waals surface area contributed by atoms with Gasteiger partial charge in [0.25, 0.3) is 0 Å². The van der Waals surface area contributed by atoms with Gasteiger partial charge < -0.3 is 9.47 Å². The van der Waals surface area contributed by atoms with E-state index in [-0.39, 0.29) is 6.10 Å². The minimum absolute atomic E-state index is 0.0183. The monoisotopic (exact) mass is 411 g/mol. The predicted molar refractivity (Wildman–Crippen MR) is 122 cm³/mol. The van der Waals surface area contributed by atoms with Crippen molar-refractivity contribution in [3.8, 4) is 16.9 Å². The van der Waals surface area contributed by atoms with Gasteiger partial charge in [-0.25, -0.2) is 0 Å². The molecule has 31 heavy (non-hydrogen) atoms. The Bertz CT molecular complexity index is 1180. The first kappa shape index (κ1) is 19.7. The molecule has 0 spiro atoms. The average molecular weight is 412 g/mol. The molecule has 1 fully saturated rings. The van der Waals surface area contributed by atoms with E-state index in [1.807, 2.05) is 36.7 Å². The molecule has 5 nitrogen and oxygen atoms in total. The molecule has 0 amide bonds. The second kappa shape index (κ2) is 8.84. The number of hydrogen-bond donors (Lipinski definition) is 0. The zero-order valence-electron chi connectivity index (χ0n) is 17.6. The van der Waals surface area contributed by atoms with E-state index >= 15 is 0 Å². The molecule has 2 aromatic carbocycles. The maximum Gasteiger partial charge on any atom is 0.119 e. The van der Waals surface area contributed by atoms with Gasteiger partial charge >= 0.3 is 0 Å². The maximum absolute atomic E-state index is 6.05. The second-order valence-electron chi connectivity index (χ2n) is 7.83. The first-order chi connectivity index (χ1) is 15.3. The van der Waals surface area contributed by atoms with E-state index in [4.69, 9.17) is 14.5 Å². The lowest BCUT2D eigenvalue weighted by Crippen LogP contribution is -2.38. The summed E-state index contributed by atoms with van der Waals surface area (Å²) in [4.78, 5) is 11.6. The molecule has 156 valence electrons. The fourth-order valence-corrected chi connectivity index (χ4v) is 4.08. The van der Waals surface area contributed by atoms with Crippen molar-refractivity contribution in [2.75, 3.05) is 26.8 Å². The van der Waals surface area contributed by atoms with Crippen LogP contribution < -0.4 is 4.74 Å². The first-order valence-corrected chi connectivity index (χ1v) is 10.6. The van der Waals surface area contributed by atoms with Crippen molar-refractivity contribution in [2.24, 2.45) is 0 Å². The Morgan fingerprint density at radius 1 is 1.00 bits per heavy atom. The van der Waals surface area contributed by atoms with Crippen LogP contribution in [0.5, 0.6) is 5.75 Å². The van der Waals surface area contributed by atoms with Crippen LogP contribution in [0.15, 0.2) is 79.1 Å². The van der Waals surface area contributed by atoms with E-state index < -0.39 is 0 Å². The van der Waals surface area contributed by atoms with Crippen LogP contribution in [-0.2, 0) is 11.3 Å². The Morgan fingerprint density at radius 3 is 2.84 bits per heavy atom. The summed E-state index contributed by atoms with van der Waals surface area (Å²) in [5, 5.41) is 1.18. The van der Waals surface area contributed by atoms with E-state index in [1.54, 1.807) is 7.11 Å². The lowest BCUT2D eigenvalue weighted by atomic mass is 10.1. The zero-order chi connectivity index (χ0) is 21.0. The molecule has 1 saturated heterocycles. The van der Waals surface area contributed by atoms with Gasteiger partial charge in [-0.1, -0.05) is 30.3 Å².